The van der Waals surface area contributed by atoms with Gasteiger partial charge in [0.1, 0.15) is 5.75 Å². The van der Waals surface area contributed by atoms with Crippen molar-refractivity contribution in [2.24, 2.45) is 5.92 Å². The Morgan fingerprint density at radius 1 is 1.24 bits per heavy atom. The average Bonchev–Trinajstić information content (AvgIpc) is 3.20. The largest absolute Gasteiger partial charge is 0.425 e. The van der Waals surface area contributed by atoms with Crippen LogP contribution in [0.4, 0.5) is 4.79 Å². The number of benzene rings is 1. The van der Waals surface area contributed by atoms with Gasteiger partial charge in [-0.25, -0.2) is 4.79 Å². The topological polar surface area (TPSA) is 84.5 Å². The fourth-order valence-electron chi connectivity index (χ4n) is 4.18. The maximum absolute atomic E-state index is 13.2. The van der Waals surface area contributed by atoms with Crippen molar-refractivity contribution in [1.29, 1.82) is 0 Å². The lowest BCUT2D eigenvalue weighted by Gasteiger charge is -2.30. The number of hydrogen-bond donors (Lipinski definition) is 2. The van der Waals surface area contributed by atoms with Crippen molar-refractivity contribution in [2.75, 3.05) is 0 Å². The van der Waals surface area contributed by atoms with Crippen molar-refractivity contribution in [3.8, 4) is 5.75 Å². The highest BCUT2D eigenvalue weighted by molar-refractivity contribution is 6.32. The number of amides is 2. The van der Waals surface area contributed by atoms with Crippen molar-refractivity contribution in [3.05, 3.63) is 40.1 Å². The molecule has 1 aliphatic heterocycles. The molecule has 2 aliphatic rings. The molecule has 2 amide bonds. The van der Waals surface area contributed by atoms with Gasteiger partial charge in [0.2, 0.25) is 0 Å². The molecule has 1 fully saturated rings. The van der Waals surface area contributed by atoms with Crippen LogP contribution in [0.3, 0.4) is 0 Å². The average molecular weight is 419 g/mol. The van der Waals surface area contributed by atoms with E-state index in [0.29, 0.717) is 35.6 Å². The van der Waals surface area contributed by atoms with Gasteiger partial charge in [-0.15, -0.1) is 0 Å². The highest BCUT2D eigenvalue weighted by atomic mass is 35.5. The predicted molar refractivity (Wildman–Crippen MR) is 111 cm³/mol. The molecule has 6 nitrogen and oxygen atoms in total. The number of nitrogens with one attached hydrogen (secondary N) is 2. The quantitative estimate of drug-likeness (QED) is 0.491. The maximum atomic E-state index is 13.2. The molecule has 1 aromatic carbocycles. The highest BCUT2D eigenvalue weighted by Crippen LogP contribution is 2.35. The van der Waals surface area contributed by atoms with E-state index in [2.05, 4.69) is 10.6 Å². The first-order valence-corrected chi connectivity index (χ1v) is 10.6. The Balaban J connectivity index is 1.87. The van der Waals surface area contributed by atoms with Crippen LogP contribution in [0.2, 0.25) is 5.02 Å². The lowest BCUT2D eigenvalue weighted by molar-refractivity contribution is -0.131. The number of carbonyl (C=O) groups is 3. The second-order valence-corrected chi connectivity index (χ2v) is 8.08. The summed E-state index contributed by atoms with van der Waals surface area (Å²) in [6.45, 7) is 3.22. The van der Waals surface area contributed by atoms with E-state index >= 15 is 0 Å². The van der Waals surface area contributed by atoms with Crippen molar-refractivity contribution in [3.63, 3.8) is 0 Å². The molecule has 1 saturated carbocycles. The van der Waals surface area contributed by atoms with Crippen molar-refractivity contribution >= 4 is 29.4 Å². The molecule has 1 aliphatic carbocycles. The van der Waals surface area contributed by atoms with Crippen LogP contribution in [0.5, 0.6) is 5.75 Å². The zero-order chi connectivity index (χ0) is 21.0. The molecule has 0 aromatic heterocycles. The van der Waals surface area contributed by atoms with Crippen molar-refractivity contribution < 1.29 is 19.1 Å². The molecule has 1 aromatic rings. The summed E-state index contributed by atoms with van der Waals surface area (Å²) >= 11 is 6.27. The summed E-state index contributed by atoms with van der Waals surface area (Å²) in [5.41, 5.74) is 1.91. The molecule has 0 bridgehead atoms. The molecule has 3 rings (SSSR count). The first kappa shape index (κ1) is 21.4. The summed E-state index contributed by atoms with van der Waals surface area (Å²) in [6.07, 6.45) is 6.78. The molecule has 0 spiro atoms. The number of ketones is 1. The second kappa shape index (κ2) is 9.44. The Bertz CT molecular complexity index is 843. The van der Waals surface area contributed by atoms with Gasteiger partial charge in [0.05, 0.1) is 11.1 Å². The van der Waals surface area contributed by atoms with E-state index in [1.165, 1.54) is 32.6 Å². The van der Waals surface area contributed by atoms with E-state index in [4.69, 9.17) is 16.3 Å². The monoisotopic (exact) mass is 418 g/mol. The van der Waals surface area contributed by atoms with Gasteiger partial charge >= 0.3 is 12.0 Å². The Kier molecular flexibility index (Phi) is 6.96. The van der Waals surface area contributed by atoms with Crippen molar-refractivity contribution in [2.45, 2.75) is 64.8 Å². The molecule has 1 heterocycles. The molecular weight excluding hydrogens is 392 g/mol. The molecule has 1 unspecified atom stereocenters. The first-order valence-electron chi connectivity index (χ1n) is 10.2. The normalized spacial score (nSPS) is 19.7. The van der Waals surface area contributed by atoms with Gasteiger partial charge in [-0.1, -0.05) is 50.3 Å². The Labute approximate surface area is 176 Å². The lowest BCUT2D eigenvalue weighted by atomic mass is 9.88. The third-order valence-electron chi connectivity index (χ3n) is 5.60. The minimum atomic E-state index is -0.585. The molecule has 0 radical (unpaired) electrons. The Hall–Kier alpha value is -2.34. The molecule has 2 N–H and O–H groups in total. The van der Waals surface area contributed by atoms with Gasteiger partial charge < -0.3 is 15.4 Å². The summed E-state index contributed by atoms with van der Waals surface area (Å²) < 4.78 is 5.07. The SMILES string of the molecule is CCC1=C(C(=O)CCC2CCCC2)C(c2ccc(OC(C)=O)c(Cl)c2)NC(=O)N1. The van der Waals surface area contributed by atoms with Crippen LogP contribution in [-0.4, -0.2) is 17.8 Å². The van der Waals surface area contributed by atoms with Crippen LogP contribution in [-0.2, 0) is 9.59 Å². The summed E-state index contributed by atoms with van der Waals surface area (Å²) in [4.78, 5) is 36.5. The van der Waals surface area contributed by atoms with E-state index in [-0.39, 0.29) is 22.6 Å². The minimum absolute atomic E-state index is 0.0476. The van der Waals surface area contributed by atoms with Gasteiger partial charge in [-0.3, -0.25) is 9.59 Å². The van der Waals surface area contributed by atoms with E-state index in [1.807, 2.05) is 6.92 Å². The third-order valence-corrected chi connectivity index (χ3v) is 5.90. The zero-order valence-corrected chi connectivity index (χ0v) is 17.6. The second-order valence-electron chi connectivity index (χ2n) is 7.67. The third kappa shape index (κ3) is 5.18. The van der Waals surface area contributed by atoms with Gasteiger partial charge in [-0.05, 0) is 36.5 Å². The number of rotatable bonds is 7. The maximum Gasteiger partial charge on any atom is 0.319 e. The number of ether oxygens (including phenoxy) is 1. The van der Waals surface area contributed by atoms with Gasteiger partial charge in [0.25, 0.3) is 0 Å². The number of carbonyl (C=O) groups excluding carboxylic acids is 3. The van der Waals surface area contributed by atoms with E-state index in [0.717, 1.165) is 6.42 Å². The molecule has 1 atom stereocenters. The van der Waals surface area contributed by atoms with E-state index in [1.54, 1.807) is 18.2 Å². The molecular formula is C22H27ClN2O4. The number of hydrogen-bond acceptors (Lipinski definition) is 4. The smallest absolute Gasteiger partial charge is 0.319 e. The predicted octanol–water partition coefficient (Wildman–Crippen LogP) is 4.82. The zero-order valence-electron chi connectivity index (χ0n) is 16.8. The number of urea groups is 1. The van der Waals surface area contributed by atoms with Crippen LogP contribution in [0, 0.1) is 5.92 Å². The summed E-state index contributed by atoms with van der Waals surface area (Å²) in [5.74, 6) is 0.445. The summed E-state index contributed by atoms with van der Waals surface area (Å²) in [6, 6.07) is 4.00. The van der Waals surface area contributed by atoms with Crippen LogP contribution >= 0.6 is 11.6 Å². The standard InChI is InChI=1S/C22H27ClN2O4/c1-3-17-20(18(27)10-8-14-6-4-5-7-14)21(25-22(28)24-17)15-9-11-19(16(23)12-15)29-13(2)26/h9,11-12,14,21H,3-8,10H2,1-2H3,(H2,24,25,28). The van der Waals surface area contributed by atoms with Crippen LogP contribution < -0.4 is 15.4 Å². The minimum Gasteiger partial charge on any atom is -0.425 e. The summed E-state index contributed by atoms with van der Waals surface area (Å²) in [7, 11) is 0. The summed E-state index contributed by atoms with van der Waals surface area (Å²) in [5, 5.41) is 5.88. The van der Waals surface area contributed by atoms with Gasteiger partial charge in [0.15, 0.2) is 5.78 Å². The van der Waals surface area contributed by atoms with Crippen LogP contribution in [0.1, 0.15) is 70.4 Å². The van der Waals surface area contributed by atoms with Crippen LogP contribution in [0.25, 0.3) is 0 Å². The number of esters is 1. The molecule has 7 heteroatoms. The fourth-order valence-corrected chi connectivity index (χ4v) is 4.41. The molecule has 29 heavy (non-hydrogen) atoms. The van der Waals surface area contributed by atoms with Crippen LogP contribution in [0.15, 0.2) is 29.5 Å². The fraction of sp³-hybridized carbons (Fsp3) is 0.500. The number of Topliss-reactive ketones (excluding diaryl/α,β-unsaturated/α-hetero) is 1. The lowest BCUT2D eigenvalue weighted by Crippen LogP contribution is -2.45. The number of allylic oxidation sites excluding steroid dienone is 1. The Morgan fingerprint density at radius 3 is 2.59 bits per heavy atom. The van der Waals surface area contributed by atoms with Crippen molar-refractivity contribution in [1.82, 2.24) is 10.6 Å². The first-order chi connectivity index (χ1) is 13.9. The number of halogens is 1. The Morgan fingerprint density at radius 2 is 1.97 bits per heavy atom. The van der Waals surface area contributed by atoms with E-state index in [9.17, 15) is 14.4 Å². The molecule has 0 saturated heterocycles. The van der Waals surface area contributed by atoms with Gasteiger partial charge in [-0.2, -0.15) is 0 Å². The molecule has 156 valence electrons. The van der Waals surface area contributed by atoms with E-state index < -0.39 is 12.0 Å². The highest BCUT2D eigenvalue weighted by Gasteiger charge is 2.32. The van der Waals surface area contributed by atoms with Gasteiger partial charge in [0, 0.05) is 24.6 Å².